The van der Waals surface area contributed by atoms with Crippen molar-refractivity contribution in [2.24, 2.45) is 0 Å². The average Bonchev–Trinajstić information content (AvgIpc) is 3.29. The summed E-state index contributed by atoms with van der Waals surface area (Å²) < 4.78 is 10.6. The first kappa shape index (κ1) is 23.2. The highest BCUT2D eigenvalue weighted by atomic mass is 32.1. The molecule has 1 aliphatic heterocycles. The molecule has 33 heavy (non-hydrogen) atoms. The Morgan fingerprint density at radius 3 is 2.52 bits per heavy atom. The highest BCUT2D eigenvalue weighted by molar-refractivity contribution is 7.13. The van der Waals surface area contributed by atoms with Crippen LogP contribution in [0.4, 0.5) is 5.69 Å². The van der Waals surface area contributed by atoms with Crippen LogP contribution in [-0.2, 0) is 17.8 Å². The molecule has 0 bridgehead atoms. The summed E-state index contributed by atoms with van der Waals surface area (Å²) in [6.45, 7) is 5.44. The van der Waals surface area contributed by atoms with Gasteiger partial charge in [0.15, 0.2) is 0 Å². The van der Waals surface area contributed by atoms with Gasteiger partial charge in [-0.1, -0.05) is 24.3 Å². The number of carbonyl (C=O) groups is 1. The number of aromatic nitrogens is 1. The van der Waals surface area contributed by atoms with E-state index in [1.165, 1.54) is 5.56 Å². The van der Waals surface area contributed by atoms with E-state index in [4.69, 9.17) is 9.47 Å². The molecule has 1 N–H and O–H groups in total. The van der Waals surface area contributed by atoms with Gasteiger partial charge in [0.2, 0.25) is 5.91 Å². The second kappa shape index (κ2) is 10.8. The fourth-order valence-corrected chi connectivity index (χ4v) is 4.63. The van der Waals surface area contributed by atoms with Crippen LogP contribution in [0.1, 0.15) is 11.3 Å². The molecule has 1 aromatic heterocycles. The van der Waals surface area contributed by atoms with Crippen molar-refractivity contribution < 1.29 is 14.3 Å². The molecule has 2 heterocycles. The largest absolute Gasteiger partial charge is 0.497 e. The Bertz CT molecular complexity index is 1080. The van der Waals surface area contributed by atoms with Crippen molar-refractivity contribution in [2.75, 3.05) is 52.8 Å². The van der Waals surface area contributed by atoms with Crippen LogP contribution in [-0.4, -0.2) is 68.1 Å². The molecule has 0 aliphatic carbocycles. The predicted octanol–water partition coefficient (Wildman–Crippen LogP) is 3.76. The van der Waals surface area contributed by atoms with E-state index in [-0.39, 0.29) is 12.3 Å². The maximum absolute atomic E-state index is 12.6. The van der Waals surface area contributed by atoms with E-state index in [0.29, 0.717) is 17.2 Å². The lowest BCUT2D eigenvalue weighted by Gasteiger charge is -2.32. The molecular formula is C25H30N4O3S. The van der Waals surface area contributed by atoms with E-state index < -0.39 is 0 Å². The first-order valence-corrected chi connectivity index (χ1v) is 11.9. The summed E-state index contributed by atoms with van der Waals surface area (Å²) >= 11 is 1.55. The Morgan fingerprint density at radius 1 is 1.06 bits per heavy atom. The number of likely N-dealkylation sites (N-methyl/N-ethyl adjacent to an activating group) is 1. The second-order valence-corrected chi connectivity index (χ2v) is 9.07. The lowest BCUT2D eigenvalue weighted by atomic mass is 10.1. The van der Waals surface area contributed by atoms with Gasteiger partial charge in [0.1, 0.15) is 16.5 Å². The summed E-state index contributed by atoms with van der Waals surface area (Å²) in [5.41, 5.74) is 3.71. The van der Waals surface area contributed by atoms with Crippen molar-refractivity contribution in [1.29, 1.82) is 0 Å². The molecule has 1 saturated heterocycles. The molecule has 0 unspecified atom stereocenters. The molecule has 1 fully saturated rings. The van der Waals surface area contributed by atoms with Crippen LogP contribution in [0.25, 0.3) is 10.6 Å². The highest BCUT2D eigenvalue weighted by Gasteiger charge is 2.15. The van der Waals surface area contributed by atoms with Gasteiger partial charge in [-0.2, -0.15) is 0 Å². The van der Waals surface area contributed by atoms with Crippen LogP contribution in [0, 0.1) is 0 Å². The van der Waals surface area contributed by atoms with Gasteiger partial charge in [0, 0.05) is 49.7 Å². The van der Waals surface area contributed by atoms with E-state index in [0.717, 1.165) is 49.0 Å². The number of benzene rings is 2. The van der Waals surface area contributed by atoms with Crippen molar-refractivity contribution in [3.8, 4) is 22.1 Å². The van der Waals surface area contributed by atoms with Gasteiger partial charge in [-0.05, 0) is 24.7 Å². The Kier molecular flexibility index (Phi) is 7.59. The molecule has 1 aliphatic rings. The van der Waals surface area contributed by atoms with Gasteiger partial charge in [-0.3, -0.25) is 9.69 Å². The van der Waals surface area contributed by atoms with Crippen LogP contribution >= 0.6 is 11.3 Å². The second-order valence-electron chi connectivity index (χ2n) is 8.21. The molecule has 0 atom stereocenters. The fraction of sp³-hybridized carbons (Fsp3) is 0.360. The first-order chi connectivity index (χ1) is 16.0. The van der Waals surface area contributed by atoms with Crippen molar-refractivity contribution in [3.63, 3.8) is 0 Å². The Morgan fingerprint density at radius 2 is 1.82 bits per heavy atom. The number of amides is 1. The van der Waals surface area contributed by atoms with Gasteiger partial charge in [0.05, 0.1) is 32.0 Å². The van der Waals surface area contributed by atoms with Gasteiger partial charge < -0.3 is 19.7 Å². The zero-order chi connectivity index (χ0) is 23.2. The number of thiazole rings is 1. The van der Waals surface area contributed by atoms with Crippen LogP contribution in [0.5, 0.6) is 11.5 Å². The number of nitrogens with zero attached hydrogens (tertiary/aromatic N) is 3. The van der Waals surface area contributed by atoms with Crippen LogP contribution in [0.15, 0.2) is 47.8 Å². The zero-order valence-electron chi connectivity index (χ0n) is 19.3. The topological polar surface area (TPSA) is 66.9 Å². The molecule has 2 aromatic carbocycles. The third kappa shape index (κ3) is 6.10. The number of anilines is 1. The van der Waals surface area contributed by atoms with Crippen molar-refractivity contribution in [1.82, 2.24) is 14.8 Å². The summed E-state index contributed by atoms with van der Waals surface area (Å²) in [5.74, 6) is 1.08. The Balaban J connectivity index is 1.35. The summed E-state index contributed by atoms with van der Waals surface area (Å²) in [7, 11) is 5.33. The maximum Gasteiger partial charge on any atom is 0.230 e. The van der Waals surface area contributed by atoms with Crippen LogP contribution < -0.4 is 14.8 Å². The quantitative estimate of drug-likeness (QED) is 0.545. The molecule has 3 aromatic rings. The molecule has 0 spiro atoms. The number of hydrogen-bond acceptors (Lipinski definition) is 7. The molecule has 174 valence electrons. The number of carbonyl (C=O) groups excluding carboxylic acids is 1. The minimum atomic E-state index is -0.152. The summed E-state index contributed by atoms with van der Waals surface area (Å²) in [6.07, 6.45) is 0.193. The third-order valence-corrected chi connectivity index (χ3v) is 6.72. The van der Waals surface area contributed by atoms with Gasteiger partial charge in [0.25, 0.3) is 0 Å². The lowest BCUT2D eigenvalue weighted by Crippen LogP contribution is -2.43. The summed E-state index contributed by atoms with van der Waals surface area (Å²) in [5, 5.41) is 5.76. The summed E-state index contributed by atoms with van der Waals surface area (Å²) in [6, 6.07) is 13.9. The van der Waals surface area contributed by atoms with E-state index in [1.807, 2.05) is 5.38 Å². The van der Waals surface area contributed by atoms with Crippen molar-refractivity contribution in [2.45, 2.75) is 13.0 Å². The van der Waals surface area contributed by atoms with Crippen LogP contribution in [0.2, 0.25) is 0 Å². The standard InChI is InChI=1S/C25H30N4O3S/c1-28-10-12-29(13-11-28)16-18-4-6-19(7-5-18)25-26-20(17-33-25)14-24(30)27-22-15-21(31-2)8-9-23(22)32-3/h4-9,15,17H,10-14,16H2,1-3H3,(H,27,30). The van der Waals surface area contributed by atoms with E-state index in [2.05, 4.69) is 51.4 Å². The number of piperazine rings is 1. The molecule has 7 nitrogen and oxygen atoms in total. The number of rotatable bonds is 8. The monoisotopic (exact) mass is 466 g/mol. The number of methoxy groups -OCH3 is 2. The summed E-state index contributed by atoms with van der Waals surface area (Å²) in [4.78, 5) is 22.1. The van der Waals surface area contributed by atoms with E-state index in [1.54, 1.807) is 43.8 Å². The normalized spacial score (nSPS) is 14.8. The minimum absolute atomic E-state index is 0.152. The average molecular weight is 467 g/mol. The smallest absolute Gasteiger partial charge is 0.230 e. The molecule has 8 heteroatoms. The minimum Gasteiger partial charge on any atom is -0.497 e. The molecule has 4 rings (SSSR count). The third-order valence-electron chi connectivity index (χ3n) is 5.78. The predicted molar refractivity (Wildman–Crippen MR) is 132 cm³/mol. The zero-order valence-corrected chi connectivity index (χ0v) is 20.2. The fourth-order valence-electron chi connectivity index (χ4n) is 3.81. The SMILES string of the molecule is COc1ccc(OC)c(NC(=O)Cc2csc(-c3ccc(CN4CCN(C)CC4)cc3)n2)c1. The Labute approximate surface area is 199 Å². The molecular weight excluding hydrogens is 436 g/mol. The highest BCUT2D eigenvalue weighted by Crippen LogP contribution is 2.29. The number of nitrogens with one attached hydrogen (secondary N) is 1. The lowest BCUT2D eigenvalue weighted by molar-refractivity contribution is -0.115. The molecule has 0 saturated carbocycles. The number of ether oxygens (including phenoxy) is 2. The molecule has 0 radical (unpaired) electrons. The van der Waals surface area contributed by atoms with Gasteiger partial charge in [-0.15, -0.1) is 11.3 Å². The van der Waals surface area contributed by atoms with E-state index in [9.17, 15) is 4.79 Å². The Hall–Kier alpha value is -2.94. The van der Waals surface area contributed by atoms with Crippen LogP contribution in [0.3, 0.4) is 0 Å². The number of hydrogen-bond donors (Lipinski definition) is 1. The van der Waals surface area contributed by atoms with Crippen molar-refractivity contribution in [3.05, 3.63) is 59.1 Å². The van der Waals surface area contributed by atoms with Crippen molar-refractivity contribution >= 4 is 22.9 Å². The first-order valence-electron chi connectivity index (χ1n) is 11.0. The van der Waals surface area contributed by atoms with Gasteiger partial charge >= 0.3 is 0 Å². The van der Waals surface area contributed by atoms with E-state index >= 15 is 0 Å². The van der Waals surface area contributed by atoms with Gasteiger partial charge in [-0.25, -0.2) is 4.98 Å². The molecule has 1 amide bonds. The maximum atomic E-state index is 12.6.